The number of fused-ring (bicyclic) bond motifs is 1. The molecule has 7 nitrogen and oxygen atoms in total. The third-order valence-corrected chi connectivity index (χ3v) is 13.5. The maximum atomic E-state index is 13.4. The Morgan fingerprint density at radius 2 is 1.57 bits per heavy atom. The summed E-state index contributed by atoms with van der Waals surface area (Å²) < 4.78 is 24.8. The third-order valence-electron chi connectivity index (χ3n) is 13.5. The maximum Gasteiger partial charge on any atom is 0.332 e. The predicted molar refractivity (Wildman–Crippen MR) is 158 cm³/mol. The maximum absolute atomic E-state index is 13.4. The lowest BCUT2D eigenvalue weighted by atomic mass is 9.46. The Labute approximate surface area is 253 Å². The largest absolute Gasteiger partial charge is 0.459 e. The van der Waals surface area contributed by atoms with Gasteiger partial charge in [0.1, 0.15) is 29.8 Å². The molecule has 7 heteroatoms. The molecule has 7 aliphatic rings. The molecular weight excluding hydrogens is 532 g/mol. The van der Waals surface area contributed by atoms with Gasteiger partial charge in [0.2, 0.25) is 0 Å². The third kappa shape index (κ3) is 4.69. The molecule has 1 aliphatic heterocycles. The zero-order valence-corrected chi connectivity index (χ0v) is 27.3. The molecule has 6 aliphatic carbocycles. The van der Waals surface area contributed by atoms with Crippen LogP contribution >= 0.6 is 0 Å². The van der Waals surface area contributed by atoms with E-state index in [1.54, 1.807) is 0 Å². The quantitative estimate of drug-likeness (QED) is 0.212. The minimum Gasteiger partial charge on any atom is -0.459 e. The van der Waals surface area contributed by atoms with E-state index in [0.717, 1.165) is 30.6 Å². The van der Waals surface area contributed by atoms with Crippen molar-refractivity contribution in [2.75, 3.05) is 6.61 Å². The van der Waals surface area contributed by atoms with Gasteiger partial charge >= 0.3 is 11.9 Å². The summed E-state index contributed by atoms with van der Waals surface area (Å²) in [6.45, 7) is 16.7. The van der Waals surface area contributed by atoms with Crippen molar-refractivity contribution in [1.29, 1.82) is 0 Å². The lowest BCUT2D eigenvalue weighted by Gasteiger charge is -2.61. The van der Waals surface area contributed by atoms with Crippen LogP contribution in [-0.4, -0.2) is 53.9 Å². The zero-order valence-electron chi connectivity index (χ0n) is 27.3. The van der Waals surface area contributed by atoms with Gasteiger partial charge in [0.25, 0.3) is 0 Å². The minimum absolute atomic E-state index is 0.0305. The van der Waals surface area contributed by atoms with Crippen LogP contribution in [0.25, 0.3) is 0 Å². The number of carbonyl (C=O) groups is 2. The molecule has 0 radical (unpaired) electrons. The molecule has 238 valence electrons. The van der Waals surface area contributed by atoms with Crippen LogP contribution in [0.4, 0.5) is 0 Å². The van der Waals surface area contributed by atoms with Crippen molar-refractivity contribution in [1.82, 2.24) is 0 Å². The molecule has 0 aromatic carbocycles. The molecule has 1 heterocycles. The normalized spacial score (nSPS) is 42.7. The fraction of sp³-hybridized carbons (Fsp3) is 0.943. The highest BCUT2D eigenvalue weighted by Crippen LogP contribution is 2.66. The second kappa shape index (κ2) is 10.4. The van der Waals surface area contributed by atoms with Crippen LogP contribution in [0, 0.1) is 57.7 Å². The fourth-order valence-corrected chi connectivity index (χ4v) is 11.2. The van der Waals surface area contributed by atoms with Crippen LogP contribution < -0.4 is 0 Å². The first-order valence-corrected chi connectivity index (χ1v) is 17.0. The van der Waals surface area contributed by atoms with E-state index in [1.807, 2.05) is 6.92 Å². The van der Waals surface area contributed by atoms with Crippen molar-refractivity contribution in [2.24, 2.45) is 57.7 Å². The Morgan fingerprint density at radius 1 is 0.976 bits per heavy atom. The van der Waals surface area contributed by atoms with E-state index >= 15 is 0 Å². The monoisotopic (exact) mass is 588 g/mol. The number of esters is 2. The van der Waals surface area contributed by atoms with E-state index in [0.29, 0.717) is 12.3 Å². The molecule has 0 spiro atoms. The van der Waals surface area contributed by atoms with E-state index in [9.17, 15) is 14.7 Å². The van der Waals surface area contributed by atoms with E-state index in [1.165, 1.54) is 38.5 Å². The van der Waals surface area contributed by atoms with Crippen LogP contribution in [0.15, 0.2) is 0 Å². The number of rotatable bonds is 12. The highest BCUT2D eigenvalue weighted by atomic mass is 16.6. The Kier molecular flexibility index (Phi) is 7.66. The van der Waals surface area contributed by atoms with Crippen molar-refractivity contribution in [3.05, 3.63) is 0 Å². The van der Waals surface area contributed by atoms with Gasteiger partial charge in [-0.3, -0.25) is 4.79 Å². The molecule has 6 bridgehead atoms. The Balaban J connectivity index is 1.07. The second-order valence-corrected chi connectivity index (χ2v) is 17.1. The summed E-state index contributed by atoms with van der Waals surface area (Å²) in [7, 11) is 0. The van der Waals surface area contributed by atoms with Gasteiger partial charge in [-0.1, -0.05) is 34.6 Å². The number of aliphatic hydroxyl groups is 1. The summed E-state index contributed by atoms with van der Waals surface area (Å²) in [5, 5.41) is 11.3. The number of aliphatic hydroxyl groups excluding tert-OH is 1. The van der Waals surface area contributed by atoms with Crippen LogP contribution in [0.2, 0.25) is 0 Å². The van der Waals surface area contributed by atoms with Gasteiger partial charge in [0.05, 0.1) is 6.10 Å². The number of hydrogen-bond acceptors (Lipinski definition) is 7. The van der Waals surface area contributed by atoms with Crippen molar-refractivity contribution in [3.8, 4) is 0 Å². The number of hydrogen-bond donors (Lipinski definition) is 1. The lowest BCUT2D eigenvalue weighted by Crippen LogP contribution is -2.57. The predicted octanol–water partition coefficient (Wildman–Crippen LogP) is 6.29. The van der Waals surface area contributed by atoms with Crippen LogP contribution in [-0.2, 0) is 28.5 Å². The summed E-state index contributed by atoms with van der Waals surface area (Å²) in [4.78, 5) is 26.6. The fourth-order valence-electron chi connectivity index (χ4n) is 11.2. The molecule has 0 aromatic rings. The molecule has 7 fully saturated rings. The highest BCUT2D eigenvalue weighted by Gasteiger charge is 2.73. The SMILES string of the molecule is CC(C)CC(C)(C(C)C)C(O)OC1C2CC3C1OC(=O)C3(C(C)OCC(=O)OC(C)(C)C13CC4CC(CC(C4)C1)C3)C2. The summed E-state index contributed by atoms with van der Waals surface area (Å²) in [5.74, 6) is 2.51. The number of ether oxygens (including phenoxy) is 4. The first-order chi connectivity index (χ1) is 19.6. The molecular formula is C35H56O7. The molecule has 0 amide bonds. The first-order valence-electron chi connectivity index (χ1n) is 17.0. The van der Waals surface area contributed by atoms with E-state index in [4.69, 9.17) is 18.9 Å². The first kappa shape index (κ1) is 30.8. The average Bonchev–Trinajstić information content (AvgIpc) is 3.48. The lowest BCUT2D eigenvalue weighted by molar-refractivity contribution is -0.236. The minimum atomic E-state index is -0.932. The van der Waals surface area contributed by atoms with Gasteiger partial charge in [-0.25, -0.2) is 4.79 Å². The molecule has 42 heavy (non-hydrogen) atoms. The van der Waals surface area contributed by atoms with Gasteiger partial charge in [-0.15, -0.1) is 0 Å². The van der Waals surface area contributed by atoms with Crippen LogP contribution in [0.3, 0.4) is 0 Å². The van der Waals surface area contributed by atoms with Crippen molar-refractivity contribution < 1.29 is 33.6 Å². The van der Waals surface area contributed by atoms with Crippen LogP contribution in [0.1, 0.15) is 113 Å². The standard InChI is InChI=1S/C35H56O7/c1-19(2)13-33(8,20(3)4)30(37)40-28-25-12-26-29(28)41-31(38)35(26,17-25)21(5)39-18-27(36)42-32(6,7)34-14-22-9-23(15-34)11-24(10-22)16-34/h19-26,28-30,37H,9-18H2,1-8H3. The summed E-state index contributed by atoms with van der Waals surface area (Å²) in [5.41, 5.74) is -1.61. The van der Waals surface area contributed by atoms with Gasteiger partial charge in [0.15, 0.2) is 6.29 Å². The molecule has 1 N–H and O–H groups in total. The highest BCUT2D eigenvalue weighted by molar-refractivity contribution is 5.82. The van der Waals surface area contributed by atoms with E-state index < -0.39 is 28.8 Å². The molecule has 8 atom stereocenters. The zero-order chi connectivity index (χ0) is 30.4. The smallest absolute Gasteiger partial charge is 0.332 e. The summed E-state index contributed by atoms with van der Waals surface area (Å²) in [6, 6.07) is 0. The topological polar surface area (TPSA) is 91.3 Å². The Bertz CT molecular complexity index is 1030. The molecule has 0 aromatic heterocycles. The van der Waals surface area contributed by atoms with Gasteiger partial charge in [0, 0.05) is 16.7 Å². The van der Waals surface area contributed by atoms with Gasteiger partial charge in [-0.2, -0.15) is 0 Å². The summed E-state index contributed by atoms with van der Waals surface area (Å²) in [6.07, 6.45) is 7.73. The average molecular weight is 589 g/mol. The Hall–Kier alpha value is -1.18. The second-order valence-electron chi connectivity index (χ2n) is 17.1. The van der Waals surface area contributed by atoms with Crippen molar-refractivity contribution >= 4 is 11.9 Å². The van der Waals surface area contributed by atoms with Crippen molar-refractivity contribution in [3.63, 3.8) is 0 Å². The van der Waals surface area contributed by atoms with E-state index in [-0.39, 0.29) is 53.9 Å². The van der Waals surface area contributed by atoms with E-state index in [2.05, 4.69) is 48.5 Å². The van der Waals surface area contributed by atoms with Gasteiger partial charge in [-0.05, 0) is 114 Å². The summed E-state index contributed by atoms with van der Waals surface area (Å²) >= 11 is 0. The molecule has 1 saturated heterocycles. The Morgan fingerprint density at radius 3 is 2.12 bits per heavy atom. The van der Waals surface area contributed by atoms with Gasteiger partial charge < -0.3 is 24.1 Å². The van der Waals surface area contributed by atoms with Crippen LogP contribution in [0.5, 0.6) is 0 Å². The molecule has 6 saturated carbocycles. The number of carbonyl (C=O) groups excluding carboxylic acids is 2. The molecule has 8 unspecified atom stereocenters. The van der Waals surface area contributed by atoms with Crippen molar-refractivity contribution in [2.45, 2.75) is 143 Å². The molecule has 7 rings (SSSR count).